The number of hydrogen-bond donors (Lipinski definition) is 0. The van der Waals surface area contributed by atoms with Gasteiger partial charge >= 0.3 is 0 Å². The second-order valence-electron chi connectivity index (χ2n) is 7.45. The van der Waals surface area contributed by atoms with Gasteiger partial charge in [-0.05, 0) is 55.8 Å². The molecule has 3 aromatic rings. The maximum absolute atomic E-state index is 5.49. The zero-order valence-electron chi connectivity index (χ0n) is 16.4. The first kappa shape index (κ1) is 18.6. The minimum atomic E-state index is 0.544. The van der Waals surface area contributed by atoms with E-state index in [1.165, 1.54) is 16.8 Å². The summed E-state index contributed by atoms with van der Waals surface area (Å²) in [6, 6.07) is 18.8. The average molecular weight is 374 g/mol. The third kappa shape index (κ3) is 4.57. The zero-order valence-corrected chi connectivity index (χ0v) is 16.4. The molecule has 0 atom stereocenters. The normalized spacial score (nSPS) is 15.5. The number of benzene rings is 1. The van der Waals surface area contributed by atoms with Gasteiger partial charge in [0.2, 0.25) is 0 Å². The standard InChI is InChI=1S/C24H27N3O/c1-28-24-10-3-2-7-21(24)16-22-8-4-9-23(26-22)20-11-14-27(15-12-20)18-19-6-5-13-25-17-19/h2-10,13,17,20H,11-12,14-16,18H2,1H3. The lowest BCUT2D eigenvalue weighted by Gasteiger charge is -2.31. The Kier molecular flexibility index (Phi) is 5.98. The van der Waals surface area contributed by atoms with Crippen LogP contribution in [0, 0.1) is 0 Å². The maximum Gasteiger partial charge on any atom is 0.122 e. The first-order valence-corrected chi connectivity index (χ1v) is 10.0. The number of para-hydroxylation sites is 1. The summed E-state index contributed by atoms with van der Waals surface area (Å²) in [5.41, 5.74) is 4.81. The van der Waals surface area contributed by atoms with Crippen molar-refractivity contribution in [3.63, 3.8) is 0 Å². The summed E-state index contributed by atoms with van der Waals surface area (Å²) < 4.78 is 5.49. The number of rotatable bonds is 6. The molecule has 0 spiro atoms. The van der Waals surface area contributed by atoms with Crippen molar-refractivity contribution in [1.82, 2.24) is 14.9 Å². The number of ether oxygens (including phenoxy) is 1. The lowest BCUT2D eigenvalue weighted by Crippen LogP contribution is -2.32. The summed E-state index contributed by atoms with van der Waals surface area (Å²) in [6.45, 7) is 3.21. The minimum absolute atomic E-state index is 0.544. The van der Waals surface area contributed by atoms with Gasteiger partial charge in [0.1, 0.15) is 5.75 Å². The second-order valence-corrected chi connectivity index (χ2v) is 7.45. The zero-order chi connectivity index (χ0) is 19.2. The van der Waals surface area contributed by atoms with E-state index in [4.69, 9.17) is 9.72 Å². The van der Waals surface area contributed by atoms with Gasteiger partial charge in [0.05, 0.1) is 7.11 Å². The van der Waals surface area contributed by atoms with Crippen LogP contribution in [0.2, 0.25) is 0 Å². The highest BCUT2D eigenvalue weighted by molar-refractivity contribution is 5.36. The van der Waals surface area contributed by atoms with Gasteiger partial charge in [0.15, 0.2) is 0 Å². The molecule has 144 valence electrons. The van der Waals surface area contributed by atoms with Gasteiger partial charge < -0.3 is 4.74 Å². The SMILES string of the molecule is COc1ccccc1Cc1cccc(C2CCN(Cc3cccnc3)CC2)n1. The highest BCUT2D eigenvalue weighted by atomic mass is 16.5. The molecule has 3 heterocycles. The molecule has 0 radical (unpaired) electrons. The molecule has 4 nitrogen and oxygen atoms in total. The molecule has 0 unspecified atom stereocenters. The van der Waals surface area contributed by atoms with E-state index in [0.717, 1.165) is 50.3 Å². The number of piperidine rings is 1. The Hall–Kier alpha value is -2.72. The Bertz CT molecular complexity index is 889. The smallest absolute Gasteiger partial charge is 0.122 e. The van der Waals surface area contributed by atoms with Crippen LogP contribution in [-0.4, -0.2) is 35.1 Å². The molecule has 0 N–H and O–H groups in total. The number of nitrogens with zero attached hydrogens (tertiary/aromatic N) is 3. The second kappa shape index (κ2) is 8.98. The van der Waals surface area contributed by atoms with Crippen LogP contribution in [0.3, 0.4) is 0 Å². The lowest BCUT2D eigenvalue weighted by molar-refractivity contribution is 0.203. The molecule has 1 aliphatic rings. The number of aromatic nitrogens is 2. The van der Waals surface area contributed by atoms with Crippen molar-refractivity contribution >= 4 is 0 Å². The summed E-state index contributed by atoms with van der Waals surface area (Å²) in [6.07, 6.45) is 6.92. The largest absolute Gasteiger partial charge is 0.496 e. The maximum atomic E-state index is 5.49. The van der Waals surface area contributed by atoms with Crippen LogP contribution in [0.4, 0.5) is 0 Å². The fraction of sp³-hybridized carbons (Fsp3) is 0.333. The van der Waals surface area contributed by atoms with Gasteiger partial charge in [-0.15, -0.1) is 0 Å². The van der Waals surface area contributed by atoms with E-state index >= 15 is 0 Å². The van der Waals surface area contributed by atoms with Crippen molar-refractivity contribution in [1.29, 1.82) is 0 Å². The Balaban J connectivity index is 1.38. The van der Waals surface area contributed by atoms with Crippen molar-refractivity contribution in [3.8, 4) is 5.75 Å². The molecule has 4 rings (SSSR count). The molecule has 28 heavy (non-hydrogen) atoms. The van der Waals surface area contributed by atoms with Crippen LogP contribution in [0.15, 0.2) is 67.0 Å². The number of hydrogen-bond acceptors (Lipinski definition) is 4. The molecule has 4 heteroatoms. The van der Waals surface area contributed by atoms with Gasteiger partial charge in [-0.2, -0.15) is 0 Å². The topological polar surface area (TPSA) is 38.2 Å². The third-order valence-electron chi connectivity index (χ3n) is 5.53. The first-order chi connectivity index (χ1) is 13.8. The molecule has 1 saturated heterocycles. The molecule has 1 aliphatic heterocycles. The van der Waals surface area contributed by atoms with Crippen molar-refractivity contribution in [2.24, 2.45) is 0 Å². The van der Waals surface area contributed by atoms with Crippen LogP contribution < -0.4 is 4.74 Å². The highest BCUT2D eigenvalue weighted by Crippen LogP contribution is 2.28. The van der Waals surface area contributed by atoms with Gasteiger partial charge in [0.25, 0.3) is 0 Å². The quantitative estimate of drug-likeness (QED) is 0.640. The predicted molar refractivity (Wildman–Crippen MR) is 112 cm³/mol. The van der Waals surface area contributed by atoms with E-state index in [9.17, 15) is 0 Å². The average Bonchev–Trinajstić information content (AvgIpc) is 2.76. The van der Waals surface area contributed by atoms with Crippen molar-refractivity contribution in [2.75, 3.05) is 20.2 Å². The molecule has 1 aromatic carbocycles. The summed E-state index contributed by atoms with van der Waals surface area (Å²) in [5.74, 6) is 1.47. The van der Waals surface area contributed by atoms with E-state index in [2.05, 4.69) is 46.3 Å². The Morgan fingerprint density at radius 1 is 1.00 bits per heavy atom. The fourth-order valence-corrected chi connectivity index (χ4v) is 4.00. The first-order valence-electron chi connectivity index (χ1n) is 10.0. The summed E-state index contributed by atoms with van der Waals surface area (Å²) >= 11 is 0. The molecule has 2 aromatic heterocycles. The summed E-state index contributed by atoms with van der Waals surface area (Å²) in [5, 5.41) is 0. The van der Waals surface area contributed by atoms with Crippen LogP contribution in [-0.2, 0) is 13.0 Å². The molecule has 1 fully saturated rings. The molecular weight excluding hydrogens is 346 g/mol. The minimum Gasteiger partial charge on any atom is -0.496 e. The number of methoxy groups -OCH3 is 1. The predicted octanol–water partition coefficient (Wildman–Crippen LogP) is 4.46. The van der Waals surface area contributed by atoms with Crippen molar-refractivity contribution in [2.45, 2.75) is 31.7 Å². The number of likely N-dealkylation sites (tertiary alicyclic amines) is 1. The van der Waals surface area contributed by atoms with Gasteiger partial charge in [-0.1, -0.05) is 30.3 Å². The van der Waals surface area contributed by atoms with Crippen LogP contribution >= 0.6 is 0 Å². The molecular formula is C24H27N3O. The van der Waals surface area contributed by atoms with Crippen molar-refractivity contribution < 1.29 is 4.74 Å². The van der Waals surface area contributed by atoms with Crippen molar-refractivity contribution in [3.05, 3.63) is 89.5 Å². The summed E-state index contributed by atoms with van der Waals surface area (Å²) in [4.78, 5) is 11.7. The van der Waals surface area contributed by atoms with Crippen LogP contribution in [0.1, 0.15) is 41.3 Å². The Morgan fingerprint density at radius 2 is 1.86 bits per heavy atom. The third-order valence-corrected chi connectivity index (χ3v) is 5.53. The Morgan fingerprint density at radius 3 is 2.64 bits per heavy atom. The van der Waals surface area contributed by atoms with Gasteiger partial charge in [0, 0.05) is 48.2 Å². The summed E-state index contributed by atoms with van der Waals surface area (Å²) in [7, 11) is 1.72. The molecule has 0 aliphatic carbocycles. The fourth-order valence-electron chi connectivity index (χ4n) is 4.00. The molecule has 0 amide bonds. The van der Waals surface area contributed by atoms with Gasteiger partial charge in [-0.3, -0.25) is 14.9 Å². The lowest BCUT2D eigenvalue weighted by atomic mass is 9.92. The highest BCUT2D eigenvalue weighted by Gasteiger charge is 2.22. The molecule has 0 saturated carbocycles. The van der Waals surface area contributed by atoms with Crippen LogP contribution in [0.25, 0.3) is 0 Å². The number of pyridine rings is 2. The van der Waals surface area contributed by atoms with E-state index in [-0.39, 0.29) is 0 Å². The Labute approximate surface area is 167 Å². The van der Waals surface area contributed by atoms with E-state index in [1.54, 1.807) is 7.11 Å². The van der Waals surface area contributed by atoms with E-state index in [0.29, 0.717) is 5.92 Å². The molecule has 0 bridgehead atoms. The van der Waals surface area contributed by atoms with E-state index in [1.807, 2.05) is 30.6 Å². The van der Waals surface area contributed by atoms with Gasteiger partial charge in [-0.25, -0.2) is 0 Å². The van der Waals surface area contributed by atoms with E-state index < -0.39 is 0 Å². The van der Waals surface area contributed by atoms with Crippen LogP contribution in [0.5, 0.6) is 5.75 Å². The monoisotopic (exact) mass is 373 g/mol.